The van der Waals surface area contributed by atoms with Crippen molar-refractivity contribution in [2.45, 2.75) is 38.5 Å². The molecule has 18 heavy (non-hydrogen) atoms. The van der Waals surface area contributed by atoms with Crippen LogP contribution >= 0.6 is 0 Å². The van der Waals surface area contributed by atoms with E-state index in [0.29, 0.717) is 11.5 Å². The van der Waals surface area contributed by atoms with Gasteiger partial charge < -0.3 is 0 Å². The molecule has 0 nitrogen and oxygen atoms in total. The van der Waals surface area contributed by atoms with Crippen LogP contribution in [-0.2, 0) is 0 Å². The quantitative estimate of drug-likeness (QED) is 0.624. The SMILES string of the molecule is CCC1CCC2C=C3C=CC(F)(F)C=C3C=C2C1. The Balaban J connectivity index is 1.91. The van der Waals surface area contributed by atoms with E-state index in [0.717, 1.165) is 30.1 Å². The highest BCUT2D eigenvalue weighted by molar-refractivity contribution is 5.56. The molecule has 0 bridgehead atoms. The number of alkyl halides is 2. The van der Waals surface area contributed by atoms with Gasteiger partial charge in [-0.2, -0.15) is 8.78 Å². The number of allylic oxidation sites excluding steroid dienone is 8. The summed E-state index contributed by atoms with van der Waals surface area (Å²) in [6.45, 7) is 2.21. The summed E-state index contributed by atoms with van der Waals surface area (Å²) in [7, 11) is 0. The van der Waals surface area contributed by atoms with Crippen molar-refractivity contribution in [3.63, 3.8) is 0 Å². The standard InChI is InChI=1S/C16H18F2/c1-2-11-3-4-12-8-13-5-6-16(17,18)10-15(13)9-14(12)7-11/h5-6,8-12H,2-4,7H2,1H3. The van der Waals surface area contributed by atoms with Crippen LogP contribution in [0.25, 0.3) is 0 Å². The number of hydrogen-bond donors (Lipinski definition) is 0. The van der Waals surface area contributed by atoms with Gasteiger partial charge in [0.15, 0.2) is 0 Å². The van der Waals surface area contributed by atoms with Gasteiger partial charge in [0, 0.05) is 0 Å². The van der Waals surface area contributed by atoms with E-state index < -0.39 is 5.92 Å². The lowest BCUT2D eigenvalue weighted by Gasteiger charge is -2.33. The molecule has 3 aliphatic carbocycles. The second-order valence-corrected chi connectivity index (χ2v) is 5.61. The van der Waals surface area contributed by atoms with Gasteiger partial charge in [-0.25, -0.2) is 0 Å². The van der Waals surface area contributed by atoms with Gasteiger partial charge in [0.25, 0.3) is 5.92 Å². The largest absolute Gasteiger partial charge is 0.286 e. The van der Waals surface area contributed by atoms with Crippen molar-refractivity contribution in [2.75, 3.05) is 0 Å². The van der Waals surface area contributed by atoms with E-state index in [4.69, 9.17) is 0 Å². The van der Waals surface area contributed by atoms with E-state index in [1.807, 2.05) is 6.08 Å². The van der Waals surface area contributed by atoms with Gasteiger partial charge in [-0.1, -0.05) is 37.1 Å². The Hall–Kier alpha value is -1.18. The second-order valence-electron chi connectivity index (χ2n) is 5.61. The molecule has 3 rings (SSSR count). The summed E-state index contributed by atoms with van der Waals surface area (Å²) in [5, 5.41) is 0. The average Bonchev–Trinajstić information content (AvgIpc) is 2.34. The highest BCUT2D eigenvalue weighted by Gasteiger charge is 2.31. The molecule has 3 aliphatic rings. The minimum Gasteiger partial charge on any atom is -0.197 e. The molecular weight excluding hydrogens is 230 g/mol. The number of rotatable bonds is 1. The van der Waals surface area contributed by atoms with Gasteiger partial charge in [-0.3, -0.25) is 0 Å². The smallest absolute Gasteiger partial charge is 0.197 e. The molecule has 0 N–H and O–H groups in total. The summed E-state index contributed by atoms with van der Waals surface area (Å²) in [5.41, 5.74) is 3.05. The molecule has 96 valence electrons. The maximum Gasteiger partial charge on any atom is 0.286 e. The minimum absolute atomic E-state index is 0.483. The monoisotopic (exact) mass is 248 g/mol. The third-order valence-corrected chi connectivity index (χ3v) is 4.35. The lowest BCUT2D eigenvalue weighted by atomic mass is 9.72. The Morgan fingerprint density at radius 3 is 2.89 bits per heavy atom. The topological polar surface area (TPSA) is 0 Å². The van der Waals surface area contributed by atoms with Gasteiger partial charge >= 0.3 is 0 Å². The van der Waals surface area contributed by atoms with E-state index in [1.54, 1.807) is 6.08 Å². The summed E-state index contributed by atoms with van der Waals surface area (Å²) in [6, 6.07) is 0. The average molecular weight is 248 g/mol. The van der Waals surface area contributed by atoms with Crippen LogP contribution in [0.2, 0.25) is 0 Å². The Morgan fingerprint density at radius 1 is 1.28 bits per heavy atom. The van der Waals surface area contributed by atoms with Gasteiger partial charge in [0.05, 0.1) is 0 Å². The van der Waals surface area contributed by atoms with Crippen LogP contribution in [0, 0.1) is 11.8 Å². The lowest BCUT2D eigenvalue weighted by molar-refractivity contribution is 0.110. The van der Waals surface area contributed by atoms with Crippen LogP contribution in [0.15, 0.2) is 47.1 Å². The molecule has 0 radical (unpaired) electrons. The molecule has 1 saturated carbocycles. The first-order valence-electron chi connectivity index (χ1n) is 6.80. The Labute approximate surface area is 107 Å². The van der Waals surface area contributed by atoms with Gasteiger partial charge in [0.2, 0.25) is 0 Å². The molecule has 2 heteroatoms. The maximum absolute atomic E-state index is 13.3. The molecule has 0 aromatic heterocycles. The molecular formula is C16H18F2. The van der Waals surface area contributed by atoms with E-state index in [1.165, 1.54) is 24.8 Å². The Bertz CT molecular complexity index is 477. The molecule has 0 amide bonds. The molecule has 2 unspecified atom stereocenters. The highest BCUT2D eigenvalue weighted by atomic mass is 19.3. The Kier molecular flexibility index (Phi) is 2.76. The summed E-state index contributed by atoms with van der Waals surface area (Å²) >= 11 is 0. The molecule has 0 saturated heterocycles. The minimum atomic E-state index is -2.78. The number of hydrogen-bond acceptors (Lipinski definition) is 0. The van der Waals surface area contributed by atoms with Crippen LogP contribution in [0.5, 0.6) is 0 Å². The van der Waals surface area contributed by atoms with Crippen LogP contribution in [0.3, 0.4) is 0 Å². The zero-order valence-electron chi connectivity index (χ0n) is 10.6. The number of fused-ring (bicyclic) bond motifs is 2. The molecule has 2 atom stereocenters. The second kappa shape index (κ2) is 4.18. The van der Waals surface area contributed by atoms with E-state index in [9.17, 15) is 8.78 Å². The number of halogens is 2. The highest BCUT2D eigenvalue weighted by Crippen LogP contribution is 2.42. The summed E-state index contributed by atoms with van der Waals surface area (Å²) in [6.07, 6.45) is 12.6. The summed E-state index contributed by atoms with van der Waals surface area (Å²) in [4.78, 5) is 0. The Morgan fingerprint density at radius 2 is 2.11 bits per heavy atom. The van der Waals surface area contributed by atoms with Crippen molar-refractivity contribution in [3.8, 4) is 0 Å². The van der Waals surface area contributed by atoms with Crippen molar-refractivity contribution in [1.82, 2.24) is 0 Å². The van der Waals surface area contributed by atoms with E-state index >= 15 is 0 Å². The van der Waals surface area contributed by atoms with Crippen LogP contribution < -0.4 is 0 Å². The summed E-state index contributed by atoms with van der Waals surface area (Å²) in [5.74, 6) is -1.56. The van der Waals surface area contributed by atoms with Crippen molar-refractivity contribution >= 4 is 0 Å². The predicted octanol–water partition coefficient (Wildman–Crippen LogP) is 4.81. The third kappa shape index (κ3) is 2.09. The zero-order chi connectivity index (χ0) is 12.8. The molecule has 0 aromatic rings. The molecule has 0 heterocycles. The van der Waals surface area contributed by atoms with Crippen LogP contribution in [-0.4, -0.2) is 5.92 Å². The molecule has 0 aromatic carbocycles. The zero-order valence-corrected chi connectivity index (χ0v) is 10.6. The van der Waals surface area contributed by atoms with Crippen molar-refractivity contribution < 1.29 is 8.78 Å². The third-order valence-electron chi connectivity index (χ3n) is 4.35. The van der Waals surface area contributed by atoms with Crippen LogP contribution in [0.1, 0.15) is 32.6 Å². The van der Waals surface area contributed by atoms with Crippen molar-refractivity contribution in [3.05, 3.63) is 47.1 Å². The van der Waals surface area contributed by atoms with Crippen LogP contribution in [0.4, 0.5) is 8.78 Å². The molecule has 0 spiro atoms. The van der Waals surface area contributed by atoms with E-state index in [2.05, 4.69) is 13.0 Å². The molecule has 1 fully saturated rings. The summed E-state index contributed by atoms with van der Waals surface area (Å²) < 4.78 is 26.6. The fourth-order valence-corrected chi connectivity index (χ4v) is 3.22. The lowest BCUT2D eigenvalue weighted by Crippen LogP contribution is -2.21. The van der Waals surface area contributed by atoms with E-state index in [-0.39, 0.29) is 0 Å². The fourth-order valence-electron chi connectivity index (χ4n) is 3.22. The van der Waals surface area contributed by atoms with Crippen molar-refractivity contribution in [1.29, 1.82) is 0 Å². The first-order chi connectivity index (χ1) is 8.57. The predicted molar refractivity (Wildman–Crippen MR) is 69.5 cm³/mol. The van der Waals surface area contributed by atoms with Crippen molar-refractivity contribution in [2.24, 2.45) is 11.8 Å². The van der Waals surface area contributed by atoms with Gasteiger partial charge in [-0.15, -0.1) is 0 Å². The molecule has 0 aliphatic heterocycles. The van der Waals surface area contributed by atoms with Gasteiger partial charge in [-0.05, 0) is 54.4 Å². The first-order valence-corrected chi connectivity index (χ1v) is 6.80. The van der Waals surface area contributed by atoms with Gasteiger partial charge in [0.1, 0.15) is 0 Å². The first kappa shape index (κ1) is 11.9. The maximum atomic E-state index is 13.3. The normalized spacial score (nSPS) is 32.9. The fraction of sp³-hybridized carbons (Fsp3) is 0.500.